The maximum absolute atomic E-state index is 7.63. The van der Waals surface area contributed by atoms with Crippen LogP contribution in [-0.2, 0) is 0 Å². The number of nitrogens with one attached hydrogen (secondary N) is 1. The van der Waals surface area contributed by atoms with Gasteiger partial charge in [-0.25, -0.2) is 0 Å². The average molecular weight is 163 g/mol. The normalized spacial score (nSPS) is 10.8. The fourth-order valence-corrected chi connectivity index (χ4v) is 0.878. The zero-order chi connectivity index (χ0) is 9.56. The highest BCUT2D eigenvalue weighted by atomic mass is 14.4. The molecule has 66 valence electrons. The maximum Gasteiger partial charge on any atom is 0.0383 e. The van der Waals surface area contributed by atoms with E-state index in [4.69, 9.17) is 5.41 Å². The summed E-state index contributed by atoms with van der Waals surface area (Å²) in [6, 6.07) is 0. The van der Waals surface area contributed by atoms with E-state index in [0.29, 0.717) is 5.71 Å². The van der Waals surface area contributed by atoms with Gasteiger partial charge in [-0.2, -0.15) is 0 Å². The summed E-state index contributed by atoms with van der Waals surface area (Å²) in [6.45, 7) is 9.66. The van der Waals surface area contributed by atoms with Crippen LogP contribution in [-0.4, -0.2) is 5.71 Å². The second-order valence-electron chi connectivity index (χ2n) is 2.91. The summed E-state index contributed by atoms with van der Waals surface area (Å²) in [6.07, 6.45) is 6.37. The molecule has 0 heterocycles. The quantitative estimate of drug-likeness (QED) is 0.484. The Morgan fingerprint density at radius 3 is 2.33 bits per heavy atom. The third-order valence-electron chi connectivity index (χ3n) is 1.44. The summed E-state index contributed by atoms with van der Waals surface area (Å²) >= 11 is 0. The van der Waals surface area contributed by atoms with Crippen molar-refractivity contribution in [3.05, 3.63) is 36.0 Å². The van der Waals surface area contributed by atoms with Crippen molar-refractivity contribution in [3.8, 4) is 0 Å². The molecule has 0 spiro atoms. The highest BCUT2D eigenvalue weighted by Gasteiger charge is 1.97. The Labute approximate surface area is 75.0 Å². The van der Waals surface area contributed by atoms with Gasteiger partial charge in [0.15, 0.2) is 0 Å². The Hall–Kier alpha value is -1.11. The molecule has 0 amide bonds. The second kappa shape index (κ2) is 5.53. The lowest BCUT2D eigenvalue weighted by Gasteiger charge is -2.01. The van der Waals surface area contributed by atoms with Crippen LogP contribution < -0.4 is 0 Å². The molecule has 0 aliphatic rings. The summed E-state index contributed by atoms with van der Waals surface area (Å²) in [4.78, 5) is 0. The Bertz CT molecular complexity index is 227. The SMILES string of the molecule is C=C/C=C(\C=C(C)C)C(=N)CC. The minimum Gasteiger partial charge on any atom is -0.305 e. The molecule has 1 N–H and O–H groups in total. The van der Waals surface area contributed by atoms with Gasteiger partial charge >= 0.3 is 0 Å². The van der Waals surface area contributed by atoms with Crippen LogP contribution >= 0.6 is 0 Å². The van der Waals surface area contributed by atoms with Crippen LogP contribution in [0.4, 0.5) is 0 Å². The van der Waals surface area contributed by atoms with E-state index in [1.165, 1.54) is 5.57 Å². The van der Waals surface area contributed by atoms with E-state index in [-0.39, 0.29) is 0 Å². The average Bonchev–Trinajstić information content (AvgIpc) is 2.01. The van der Waals surface area contributed by atoms with Crippen molar-refractivity contribution in [2.24, 2.45) is 0 Å². The topological polar surface area (TPSA) is 23.9 Å². The van der Waals surface area contributed by atoms with E-state index in [2.05, 4.69) is 6.58 Å². The highest BCUT2D eigenvalue weighted by molar-refractivity contribution is 6.00. The van der Waals surface area contributed by atoms with Gasteiger partial charge in [-0.15, -0.1) is 0 Å². The van der Waals surface area contributed by atoms with Crippen molar-refractivity contribution < 1.29 is 0 Å². The maximum atomic E-state index is 7.63. The van der Waals surface area contributed by atoms with Crippen LogP contribution in [0.2, 0.25) is 0 Å². The number of rotatable bonds is 4. The van der Waals surface area contributed by atoms with Crippen LogP contribution in [0, 0.1) is 5.41 Å². The largest absolute Gasteiger partial charge is 0.305 e. The molecule has 0 saturated carbocycles. The molecular formula is C11H17N. The minimum atomic E-state index is 0.663. The van der Waals surface area contributed by atoms with Crippen molar-refractivity contribution >= 4 is 5.71 Å². The van der Waals surface area contributed by atoms with Crippen molar-refractivity contribution in [2.75, 3.05) is 0 Å². The Morgan fingerprint density at radius 1 is 1.42 bits per heavy atom. The van der Waals surface area contributed by atoms with Crippen LogP contribution in [0.1, 0.15) is 27.2 Å². The van der Waals surface area contributed by atoms with Crippen LogP contribution in [0.3, 0.4) is 0 Å². The fraction of sp³-hybridized carbons (Fsp3) is 0.364. The number of hydrogen-bond donors (Lipinski definition) is 1. The van der Waals surface area contributed by atoms with Gasteiger partial charge in [-0.05, 0) is 25.8 Å². The predicted molar refractivity (Wildman–Crippen MR) is 55.7 cm³/mol. The lowest BCUT2D eigenvalue weighted by atomic mass is 10.1. The number of hydrogen-bond acceptors (Lipinski definition) is 1. The van der Waals surface area contributed by atoms with Crippen molar-refractivity contribution in [1.82, 2.24) is 0 Å². The molecule has 0 aliphatic heterocycles. The van der Waals surface area contributed by atoms with E-state index in [0.717, 1.165) is 12.0 Å². The molecule has 0 aromatic heterocycles. The first kappa shape index (κ1) is 10.9. The first-order valence-electron chi connectivity index (χ1n) is 4.17. The van der Waals surface area contributed by atoms with Gasteiger partial charge in [0, 0.05) is 5.71 Å². The van der Waals surface area contributed by atoms with Gasteiger partial charge in [0.25, 0.3) is 0 Å². The Kier molecular flexibility index (Phi) is 5.02. The van der Waals surface area contributed by atoms with Crippen molar-refractivity contribution in [1.29, 1.82) is 5.41 Å². The summed E-state index contributed by atoms with van der Waals surface area (Å²) < 4.78 is 0. The van der Waals surface area contributed by atoms with Gasteiger partial charge in [0.1, 0.15) is 0 Å². The van der Waals surface area contributed by atoms with Crippen LogP contribution in [0.25, 0.3) is 0 Å². The molecule has 0 atom stereocenters. The molecule has 0 saturated heterocycles. The Balaban J connectivity index is 4.68. The van der Waals surface area contributed by atoms with Crippen molar-refractivity contribution in [3.63, 3.8) is 0 Å². The minimum absolute atomic E-state index is 0.663. The summed E-state index contributed by atoms with van der Waals surface area (Å²) in [5, 5.41) is 7.63. The third kappa shape index (κ3) is 3.91. The van der Waals surface area contributed by atoms with Gasteiger partial charge in [0.05, 0.1) is 0 Å². The standard InChI is InChI=1S/C11H17N/c1-5-7-10(8-9(3)4)11(12)6-2/h5,7-8,12H,1,6H2,2-4H3/b10-7+,12-11?. The van der Waals surface area contributed by atoms with E-state index in [1.54, 1.807) is 6.08 Å². The molecule has 12 heavy (non-hydrogen) atoms. The summed E-state index contributed by atoms with van der Waals surface area (Å²) in [5.74, 6) is 0. The molecule has 0 aliphatic carbocycles. The molecule has 0 unspecified atom stereocenters. The van der Waals surface area contributed by atoms with Crippen LogP contribution in [0.15, 0.2) is 36.0 Å². The first-order valence-corrected chi connectivity index (χ1v) is 4.17. The zero-order valence-corrected chi connectivity index (χ0v) is 8.15. The summed E-state index contributed by atoms with van der Waals surface area (Å²) in [7, 11) is 0. The lowest BCUT2D eigenvalue weighted by Crippen LogP contribution is -1.96. The first-order chi connectivity index (χ1) is 5.61. The van der Waals surface area contributed by atoms with Crippen molar-refractivity contribution in [2.45, 2.75) is 27.2 Å². The molecular weight excluding hydrogens is 146 g/mol. The summed E-state index contributed by atoms with van der Waals surface area (Å²) in [5.41, 5.74) is 2.84. The molecule has 0 bridgehead atoms. The molecule has 0 radical (unpaired) electrons. The second-order valence-corrected chi connectivity index (χ2v) is 2.91. The zero-order valence-electron chi connectivity index (χ0n) is 8.15. The molecule has 1 nitrogen and oxygen atoms in total. The number of allylic oxidation sites excluding steroid dienone is 5. The van der Waals surface area contributed by atoms with E-state index >= 15 is 0 Å². The van der Waals surface area contributed by atoms with E-state index < -0.39 is 0 Å². The lowest BCUT2D eigenvalue weighted by molar-refractivity contribution is 1.23. The van der Waals surface area contributed by atoms with E-state index in [1.807, 2.05) is 32.9 Å². The van der Waals surface area contributed by atoms with E-state index in [9.17, 15) is 0 Å². The van der Waals surface area contributed by atoms with Gasteiger partial charge in [-0.1, -0.05) is 37.3 Å². The van der Waals surface area contributed by atoms with Gasteiger partial charge in [-0.3, -0.25) is 0 Å². The predicted octanol–water partition coefficient (Wildman–Crippen LogP) is 3.49. The van der Waals surface area contributed by atoms with Gasteiger partial charge < -0.3 is 5.41 Å². The monoisotopic (exact) mass is 163 g/mol. The molecule has 0 rings (SSSR count). The molecule has 0 aromatic carbocycles. The molecule has 1 heteroatoms. The van der Waals surface area contributed by atoms with Crippen LogP contribution in [0.5, 0.6) is 0 Å². The highest BCUT2D eigenvalue weighted by Crippen LogP contribution is 2.06. The molecule has 0 fully saturated rings. The fourth-order valence-electron chi connectivity index (χ4n) is 0.878. The Morgan fingerprint density at radius 2 is 2.00 bits per heavy atom. The third-order valence-corrected chi connectivity index (χ3v) is 1.44. The van der Waals surface area contributed by atoms with Gasteiger partial charge in [0.2, 0.25) is 0 Å². The smallest absolute Gasteiger partial charge is 0.0383 e. The molecule has 0 aromatic rings.